The highest BCUT2D eigenvalue weighted by atomic mass is 14.3. The minimum absolute atomic E-state index is 1.03. The largest absolute Gasteiger partial charge is 0.0683 e. The van der Waals surface area contributed by atoms with E-state index >= 15 is 0 Å². The van der Waals surface area contributed by atoms with E-state index < -0.39 is 0 Å². The van der Waals surface area contributed by atoms with Crippen LogP contribution in [0.4, 0.5) is 0 Å². The topological polar surface area (TPSA) is 0 Å². The van der Waals surface area contributed by atoms with E-state index in [-0.39, 0.29) is 0 Å². The first-order valence-electron chi connectivity index (χ1n) is 12.2. The van der Waals surface area contributed by atoms with Crippen molar-refractivity contribution in [2.75, 3.05) is 0 Å². The number of rotatable bonds is 2. The Morgan fingerprint density at radius 3 is 1.20 bits per heavy atom. The van der Waals surface area contributed by atoms with Gasteiger partial charge in [0.2, 0.25) is 0 Å². The average Bonchev–Trinajstić information content (AvgIpc) is 2.69. The van der Waals surface area contributed by atoms with E-state index in [4.69, 9.17) is 0 Å². The predicted molar refractivity (Wildman–Crippen MR) is 117 cm³/mol. The maximum atomic E-state index is 2.43. The lowest BCUT2D eigenvalue weighted by molar-refractivity contribution is 0.218. The van der Waals surface area contributed by atoms with Crippen molar-refractivity contribution >= 4 is 0 Å². The van der Waals surface area contributed by atoms with Crippen LogP contribution in [0.3, 0.4) is 0 Å². The van der Waals surface area contributed by atoms with E-state index in [1.54, 1.807) is 19.3 Å². The predicted octanol–water partition coefficient (Wildman–Crippen LogP) is 9.42. The highest BCUT2D eigenvalue weighted by Gasteiger charge is 2.22. The van der Waals surface area contributed by atoms with Crippen molar-refractivity contribution < 1.29 is 0 Å². The fraction of sp³-hybridized carbons (Fsp3) is 1.00. The number of hydrogen-bond donors (Lipinski definition) is 0. The Morgan fingerprint density at radius 2 is 0.800 bits per heavy atom. The smallest absolute Gasteiger partial charge is 0.0411 e. The van der Waals surface area contributed by atoms with Crippen LogP contribution in [-0.2, 0) is 0 Å². The van der Waals surface area contributed by atoms with Gasteiger partial charge in [0.05, 0.1) is 0 Å². The Hall–Kier alpha value is 0. The second kappa shape index (κ2) is 17.4. The molecule has 0 N–H and O–H groups in total. The van der Waals surface area contributed by atoms with Crippen molar-refractivity contribution in [2.45, 2.75) is 138 Å². The van der Waals surface area contributed by atoms with Crippen molar-refractivity contribution in [1.82, 2.24) is 0 Å². The second-order valence-electron chi connectivity index (χ2n) is 8.61. The summed E-state index contributed by atoms with van der Waals surface area (Å²) in [5, 5.41) is 0. The van der Waals surface area contributed by atoms with Gasteiger partial charge in [-0.1, -0.05) is 131 Å². The lowest BCUT2D eigenvalue weighted by Crippen LogP contribution is -2.17. The quantitative estimate of drug-likeness (QED) is 0.464. The van der Waals surface area contributed by atoms with Crippen LogP contribution in [0.1, 0.15) is 138 Å². The molecule has 3 aliphatic rings. The molecule has 0 amide bonds. The normalized spacial score (nSPS) is 27.6. The molecule has 3 rings (SSSR count). The highest BCUT2D eigenvalue weighted by molar-refractivity contribution is 4.75. The molecular formula is C25H52. The lowest BCUT2D eigenvalue weighted by atomic mass is 9.75. The van der Waals surface area contributed by atoms with Gasteiger partial charge in [0.25, 0.3) is 0 Å². The fourth-order valence-corrected chi connectivity index (χ4v) is 4.77. The van der Waals surface area contributed by atoms with E-state index in [1.807, 2.05) is 27.7 Å². The molecule has 0 bridgehead atoms. The van der Waals surface area contributed by atoms with Gasteiger partial charge in [-0.05, 0) is 30.1 Å². The summed E-state index contributed by atoms with van der Waals surface area (Å²) >= 11 is 0. The molecular weight excluding hydrogens is 300 g/mol. The second-order valence-corrected chi connectivity index (χ2v) is 8.61. The van der Waals surface area contributed by atoms with Gasteiger partial charge in [0, 0.05) is 0 Å². The van der Waals surface area contributed by atoms with Crippen molar-refractivity contribution in [1.29, 1.82) is 0 Å². The molecule has 152 valence electrons. The van der Waals surface area contributed by atoms with Gasteiger partial charge < -0.3 is 0 Å². The van der Waals surface area contributed by atoms with Crippen LogP contribution in [0.2, 0.25) is 0 Å². The van der Waals surface area contributed by atoms with E-state index in [0.717, 1.165) is 23.7 Å². The molecule has 3 saturated carbocycles. The molecule has 3 fully saturated rings. The monoisotopic (exact) mass is 352 g/mol. The summed E-state index contributed by atoms with van der Waals surface area (Å²) in [6.07, 6.45) is 22.8. The Morgan fingerprint density at radius 1 is 0.440 bits per heavy atom. The third-order valence-electron chi connectivity index (χ3n) is 6.42. The zero-order valence-corrected chi connectivity index (χ0v) is 18.9. The van der Waals surface area contributed by atoms with Crippen molar-refractivity contribution in [3.8, 4) is 0 Å². The van der Waals surface area contributed by atoms with Gasteiger partial charge in [0.15, 0.2) is 0 Å². The first-order chi connectivity index (χ1) is 12.2. The van der Waals surface area contributed by atoms with Crippen LogP contribution in [-0.4, -0.2) is 0 Å². The van der Waals surface area contributed by atoms with E-state index in [9.17, 15) is 0 Å². The summed E-state index contributed by atoms with van der Waals surface area (Å²) in [6, 6.07) is 0. The maximum Gasteiger partial charge on any atom is -0.0411 e. The number of hydrogen-bond acceptors (Lipinski definition) is 0. The first-order valence-corrected chi connectivity index (χ1v) is 12.2. The third-order valence-corrected chi connectivity index (χ3v) is 6.42. The molecule has 0 spiro atoms. The molecule has 0 radical (unpaired) electrons. The minimum atomic E-state index is 1.03. The van der Waals surface area contributed by atoms with E-state index in [0.29, 0.717) is 0 Å². The van der Waals surface area contributed by atoms with Gasteiger partial charge >= 0.3 is 0 Å². The maximum absolute atomic E-state index is 2.43. The van der Waals surface area contributed by atoms with E-state index in [1.165, 1.54) is 77.0 Å². The van der Waals surface area contributed by atoms with Gasteiger partial charge in [-0.3, -0.25) is 0 Å². The standard InChI is InChI=1S/C14H26.C7H14.2C2H6/c1-12-7-9-14(10-8-12)11-13-5-3-2-4-6-13;1-7-5-3-2-4-6-7;2*1-2/h12-14H,2-11H2,1H3;7H,2-6H2,1H3;2*1-2H3. The Bertz CT molecular complexity index is 237. The van der Waals surface area contributed by atoms with Crippen LogP contribution in [0.25, 0.3) is 0 Å². The Balaban J connectivity index is 0.000000441. The van der Waals surface area contributed by atoms with Gasteiger partial charge in [-0.2, -0.15) is 0 Å². The molecule has 0 saturated heterocycles. The van der Waals surface area contributed by atoms with Crippen LogP contribution in [0, 0.1) is 23.7 Å². The van der Waals surface area contributed by atoms with Gasteiger partial charge in [0.1, 0.15) is 0 Å². The summed E-state index contributed by atoms with van der Waals surface area (Å²) < 4.78 is 0. The molecule has 0 aliphatic heterocycles. The van der Waals surface area contributed by atoms with Crippen molar-refractivity contribution in [3.05, 3.63) is 0 Å². The molecule has 0 atom stereocenters. The molecule has 0 aromatic rings. The van der Waals surface area contributed by atoms with Crippen molar-refractivity contribution in [2.24, 2.45) is 23.7 Å². The molecule has 0 aromatic heterocycles. The molecule has 3 aliphatic carbocycles. The Labute approximate surface area is 161 Å². The zero-order chi connectivity index (χ0) is 18.9. The van der Waals surface area contributed by atoms with Crippen LogP contribution in [0.5, 0.6) is 0 Å². The SMILES string of the molecule is CC.CC.CC1CCC(CC2CCCCC2)CC1.CC1CCCCC1. The summed E-state index contributed by atoms with van der Waals surface area (Å²) in [5.41, 5.74) is 0. The third kappa shape index (κ3) is 12.9. The van der Waals surface area contributed by atoms with Crippen LogP contribution >= 0.6 is 0 Å². The van der Waals surface area contributed by atoms with Crippen LogP contribution < -0.4 is 0 Å². The Kier molecular flexibility index (Phi) is 17.4. The molecule has 0 aromatic carbocycles. The molecule has 25 heavy (non-hydrogen) atoms. The summed E-state index contributed by atoms with van der Waals surface area (Å²) in [4.78, 5) is 0. The van der Waals surface area contributed by atoms with Crippen molar-refractivity contribution in [3.63, 3.8) is 0 Å². The van der Waals surface area contributed by atoms with Gasteiger partial charge in [-0.25, -0.2) is 0 Å². The van der Waals surface area contributed by atoms with Gasteiger partial charge in [-0.15, -0.1) is 0 Å². The lowest BCUT2D eigenvalue weighted by Gasteiger charge is -2.31. The first kappa shape index (κ1) is 25.0. The minimum Gasteiger partial charge on any atom is -0.0683 e. The molecule has 0 heteroatoms. The zero-order valence-electron chi connectivity index (χ0n) is 18.9. The summed E-state index contributed by atoms with van der Waals surface area (Å²) in [6.45, 7) is 12.8. The summed E-state index contributed by atoms with van der Waals surface area (Å²) in [5.74, 6) is 4.28. The highest BCUT2D eigenvalue weighted by Crippen LogP contribution is 2.36. The molecule has 0 unspecified atom stereocenters. The van der Waals surface area contributed by atoms with Crippen LogP contribution in [0.15, 0.2) is 0 Å². The molecule has 0 nitrogen and oxygen atoms in total. The molecule has 0 heterocycles. The average molecular weight is 353 g/mol. The fourth-order valence-electron chi connectivity index (χ4n) is 4.77. The summed E-state index contributed by atoms with van der Waals surface area (Å²) in [7, 11) is 0. The van der Waals surface area contributed by atoms with E-state index in [2.05, 4.69) is 13.8 Å².